The zero-order valence-corrected chi connectivity index (χ0v) is 12.4. The van der Waals surface area contributed by atoms with E-state index in [0.29, 0.717) is 18.8 Å². The van der Waals surface area contributed by atoms with E-state index in [4.69, 9.17) is 9.47 Å². The van der Waals surface area contributed by atoms with Crippen LogP contribution in [-0.2, 0) is 11.8 Å². The molecule has 21 heavy (non-hydrogen) atoms. The van der Waals surface area contributed by atoms with Crippen molar-refractivity contribution in [3.63, 3.8) is 0 Å². The van der Waals surface area contributed by atoms with Gasteiger partial charge in [-0.3, -0.25) is 9.48 Å². The third-order valence-corrected chi connectivity index (χ3v) is 3.89. The van der Waals surface area contributed by atoms with Gasteiger partial charge in [-0.05, 0) is 26.3 Å². The van der Waals surface area contributed by atoms with Crippen LogP contribution in [0.15, 0.2) is 24.3 Å². The van der Waals surface area contributed by atoms with Crippen molar-refractivity contribution in [3.8, 4) is 11.5 Å². The van der Waals surface area contributed by atoms with Crippen LogP contribution in [-0.4, -0.2) is 22.4 Å². The summed E-state index contributed by atoms with van der Waals surface area (Å²) in [4.78, 5) is 12.5. The Hall–Kier alpha value is -2.30. The normalized spacial score (nSPS) is 17.0. The predicted octanol–water partition coefficient (Wildman–Crippen LogP) is 2.51. The van der Waals surface area contributed by atoms with Crippen molar-refractivity contribution in [2.45, 2.75) is 26.2 Å². The number of aromatic nitrogens is 2. The molecule has 0 spiro atoms. The molecule has 1 unspecified atom stereocenters. The van der Waals surface area contributed by atoms with Gasteiger partial charge in [0.2, 0.25) is 0 Å². The van der Waals surface area contributed by atoms with Gasteiger partial charge in [-0.1, -0.05) is 18.2 Å². The summed E-state index contributed by atoms with van der Waals surface area (Å²) in [6.45, 7) is 4.26. The van der Waals surface area contributed by atoms with Crippen molar-refractivity contribution >= 4 is 5.97 Å². The van der Waals surface area contributed by atoms with Gasteiger partial charge in [0.05, 0.1) is 18.2 Å². The second kappa shape index (κ2) is 5.24. The van der Waals surface area contributed by atoms with Crippen molar-refractivity contribution in [1.29, 1.82) is 0 Å². The molecule has 1 atom stereocenters. The summed E-state index contributed by atoms with van der Waals surface area (Å²) in [5.74, 6) is 0.802. The van der Waals surface area contributed by atoms with Gasteiger partial charge in [-0.15, -0.1) is 0 Å². The summed E-state index contributed by atoms with van der Waals surface area (Å²) in [6.07, 6.45) is 0.633. The van der Waals surface area contributed by atoms with Gasteiger partial charge in [0.15, 0.2) is 5.75 Å². The van der Waals surface area contributed by atoms with Crippen LogP contribution >= 0.6 is 0 Å². The van der Waals surface area contributed by atoms with Gasteiger partial charge in [0, 0.05) is 12.6 Å². The van der Waals surface area contributed by atoms with Gasteiger partial charge in [0.25, 0.3) is 0 Å². The van der Waals surface area contributed by atoms with Gasteiger partial charge in [-0.2, -0.15) is 5.10 Å². The molecule has 0 amide bonds. The maximum absolute atomic E-state index is 12.5. The van der Waals surface area contributed by atoms with E-state index in [-0.39, 0.29) is 11.9 Å². The molecule has 0 aliphatic carbocycles. The predicted molar refractivity (Wildman–Crippen MR) is 77.6 cm³/mol. The van der Waals surface area contributed by atoms with Crippen LogP contribution in [0.1, 0.15) is 29.3 Å². The largest absolute Gasteiger partial charge is 0.493 e. The zero-order valence-electron chi connectivity index (χ0n) is 12.4. The first-order valence-electron chi connectivity index (χ1n) is 7.01. The highest BCUT2D eigenvalue weighted by molar-refractivity contribution is 5.82. The van der Waals surface area contributed by atoms with Crippen molar-refractivity contribution in [2.75, 3.05) is 6.61 Å². The minimum atomic E-state index is -0.283. The van der Waals surface area contributed by atoms with Gasteiger partial charge in [-0.25, -0.2) is 0 Å². The lowest BCUT2D eigenvalue weighted by Crippen LogP contribution is -2.25. The first-order chi connectivity index (χ1) is 10.1. The zero-order chi connectivity index (χ0) is 15.0. The van der Waals surface area contributed by atoms with E-state index in [2.05, 4.69) is 5.10 Å². The average molecular weight is 286 g/mol. The van der Waals surface area contributed by atoms with Gasteiger partial charge >= 0.3 is 5.97 Å². The standard InChI is InChI=1S/C16H18N2O3/c1-10-15(11(2)18(3)17-10)21-16(19)13-8-9-20-14-7-5-4-6-12(13)14/h4-7,13H,8-9H2,1-3H3. The number of benzene rings is 1. The number of ether oxygens (including phenoxy) is 2. The molecule has 0 radical (unpaired) electrons. The second-order valence-electron chi connectivity index (χ2n) is 5.27. The topological polar surface area (TPSA) is 53.4 Å². The number of aryl methyl sites for hydroxylation is 2. The Morgan fingerprint density at radius 3 is 2.86 bits per heavy atom. The lowest BCUT2D eigenvalue weighted by atomic mass is 9.93. The molecule has 5 heteroatoms. The molecule has 0 saturated heterocycles. The van der Waals surface area contributed by atoms with E-state index in [1.165, 1.54) is 0 Å². The molecule has 0 fully saturated rings. The highest BCUT2D eigenvalue weighted by Crippen LogP contribution is 2.35. The maximum atomic E-state index is 12.5. The van der Waals surface area contributed by atoms with Gasteiger partial charge in [0.1, 0.15) is 11.4 Å². The summed E-state index contributed by atoms with van der Waals surface area (Å²) in [7, 11) is 1.84. The van der Waals surface area contributed by atoms with Crippen LogP contribution in [0, 0.1) is 13.8 Å². The highest BCUT2D eigenvalue weighted by Gasteiger charge is 2.30. The van der Waals surface area contributed by atoms with E-state index in [1.54, 1.807) is 4.68 Å². The molecule has 0 saturated carbocycles. The number of hydrogen-bond acceptors (Lipinski definition) is 4. The van der Waals surface area contributed by atoms with Crippen molar-refractivity contribution in [2.24, 2.45) is 7.05 Å². The van der Waals surface area contributed by atoms with Crippen molar-refractivity contribution in [3.05, 3.63) is 41.2 Å². The van der Waals surface area contributed by atoms with Crippen molar-refractivity contribution < 1.29 is 14.3 Å². The second-order valence-corrected chi connectivity index (χ2v) is 5.27. The molecule has 0 bridgehead atoms. The molecular weight excluding hydrogens is 268 g/mol. The Bertz CT molecular complexity index is 691. The molecule has 1 aromatic heterocycles. The van der Waals surface area contributed by atoms with E-state index in [9.17, 15) is 4.79 Å². The number of para-hydroxylation sites is 1. The van der Waals surface area contributed by atoms with E-state index >= 15 is 0 Å². The Kier molecular flexibility index (Phi) is 3.41. The Morgan fingerprint density at radius 1 is 1.38 bits per heavy atom. The molecule has 1 aromatic carbocycles. The van der Waals surface area contributed by atoms with Crippen LogP contribution in [0.3, 0.4) is 0 Å². The number of fused-ring (bicyclic) bond motifs is 1. The minimum Gasteiger partial charge on any atom is -0.493 e. The number of esters is 1. The SMILES string of the molecule is Cc1nn(C)c(C)c1OC(=O)C1CCOc2ccccc21. The minimum absolute atomic E-state index is 0.245. The summed E-state index contributed by atoms with van der Waals surface area (Å²) < 4.78 is 12.9. The van der Waals surface area contributed by atoms with Crippen LogP contribution in [0.2, 0.25) is 0 Å². The highest BCUT2D eigenvalue weighted by atomic mass is 16.5. The molecular formula is C16H18N2O3. The lowest BCUT2D eigenvalue weighted by molar-refractivity contribution is -0.136. The van der Waals surface area contributed by atoms with Crippen LogP contribution in [0.4, 0.5) is 0 Å². The fourth-order valence-corrected chi connectivity index (χ4v) is 2.66. The average Bonchev–Trinajstić information content (AvgIpc) is 2.73. The Balaban J connectivity index is 1.87. The first-order valence-corrected chi connectivity index (χ1v) is 7.01. The lowest BCUT2D eigenvalue weighted by Gasteiger charge is -2.24. The summed E-state index contributed by atoms with van der Waals surface area (Å²) in [5, 5.41) is 4.27. The molecule has 1 aliphatic heterocycles. The molecule has 110 valence electrons. The van der Waals surface area contributed by atoms with Crippen molar-refractivity contribution in [1.82, 2.24) is 9.78 Å². The third kappa shape index (κ3) is 2.39. The quantitative estimate of drug-likeness (QED) is 0.796. The molecule has 3 rings (SSSR count). The van der Waals surface area contributed by atoms with Crippen LogP contribution in [0.5, 0.6) is 11.5 Å². The van der Waals surface area contributed by atoms with Crippen LogP contribution in [0.25, 0.3) is 0 Å². The van der Waals surface area contributed by atoms with E-state index in [0.717, 1.165) is 22.7 Å². The fourth-order valence-electron chi connectivity index (χ4n) is 2.66. The number of rotatable bonds is 2. The number of nitrogens with zero attached hydrogens (tertiary/aromatic N) is 2. The fraction of sp³-hybridized carbons (Fsp3) is 0.375. The van der Waals surface area contributed by atoms with Crippen LogP contribution < -0.4 is 9.47 Å². The summed E-state index contributed by atoms with van der Waals surface area (Å²) in [6, 6.07) is 7.62. The molecule has 1 aliphatic rings. The third-order valence-electron chi connectivity index (χ3n) is 3.89. The molecule has 2 heterocycles. The number of hydrogen-bond donors (Lipinski definition) is 0. The van der Waals surface area contributed by atoms with E-state index in [1.807, 2.05) is 45.2 Å². The summed E-state index contributed by atoms with van der Waals surface area (Å²) in [5.41, 5.74) is 2.47. The maximum Gasteiger partial charge on any atom is 0.319 e. The Labute approximate surface area is 123 Å². The van der Waals surface area contributed by atoms with E-state index < -0.39 is 0 Å². The van der Waals surface area contributed by atoms with Gasteiger partial charge < -0.3 is 9.47 Å². The molecule has 5 nitrogen and oxygen atoms in total. The summed E-state index contributed by atoms with van der Waals surface area (Å²) >= 11 is 0. The Morgan fingerprint density at radius 2 is 2.14 bits per heavy atom. The monoisotopic (exact) mass is 286 g/mol. The number of carbonyl (C=O) groups excluding carboxylic acids is 1. The molecule has 0 N–H and O–H groups in total. The smallest absolute Gasteiger partial charge is 0.319 e. The number of carbonyl (C=O) groups is 1. The molecule has 2 aromatic rings. The first kappa shape index (κ1) is 13.7.